The van der Waals surface area contributed by atoms with E-state index in [0.29, 0.717) is 19.5 Å². The van der Waals surface area contributed by atoms with E-state index in [2.05, 4.69) is 49.6 Å². The molecule has 4 nitrogen and oxygen atoms in total. The average Bonchev–Trinajstić information content (AvgIpc) is 2.78. The van der Waals surface area contributed by atoms with Gasteiger partial charge in [0.25, 0.3) is 0 Å². The molecule has 3 rings (SSSR count). The lowest BCUT2D eigenvalue weighted by molar-refractivity contribution is 0.0928. The lowest BCUT2D eigenvalue weighted by atomic mass is 9.95. The second kappa shape index (κ2) is 10.4. The zero-order valence-electron chi connectivity index (χ0n) is 18.5. The number of Topliss-reactive ketones (excluding diaryl/α,β-unsaturated/α-hetero) is 2. The second-order valence-corrected chi connectivity index (χ2v) is 8.74. The molecule has 30 heavy (non-hydrogen) atoms. The van der Waals surface area contributed by atoms with Crippen LogP contribution in [0.25, 0.3) is 0 Å². The largest absolute Gasteiger partial charge is 0.296 e. The molecule has 0 bridgehead atoms. The van der Waals surface area contributed by atoms with Crippen molar-refractivity contribution < 1.29 is 9.59 Å². The van der Waals surface area contributed by atoms with Crippen molar-refractivity contribution in [3.8, 4) is 0 Å². The van der Waals surface area contributed by atoms with Gasteiger partial charge in [-0.05, 0) is 55.5 Å². The normalized spacial score (nSPS) is 12.7. The van der Waals surface area contributed by atoms with Crippen molar-refractivity contribution in [3.05, 3.63) is 58.7 Å². The average molecular weight is 425 g/mol. The molecule has 160 valence electrons. The summed E-state index contributed by atoms with van der Waals surface area (Å²) in [6, 6.07) is 12.1. The van der Waals surface area contributed by atoms with Crippen LogP contribution in [0.1, 0.15) is 59.5 Å². The van der Waals surface area contributed by atoms with Crippen molar-refractivity contribution in [1.29, 1.82) is 0 Å². The van der Waals surface area contributed by atoms with Crippen LogP contribution in [-0.2, 0) is 6.42 Å². The predicted octanol–water partition coefficient (Wildman–Crippen LogP) is 4.79. The zero-order valence-corrected chi connectivity index (χ0v) is 19.3. The molecule has 0 fully saturated rings. The first-order chi connectivity index (χ1) is 14.5. The SMILES string of the molecule is CCN(CC)CC(=O)c1ccc2c(c1)Cc1c(cccc1C(=O)CN(CC)CC)S2. The fraction of sp³-hybridized carbons (Fsp3) is 0.440. The van der Waals surface area contributed by atoms with Gasteiger partial charge in [-0.1, -0.05) is 57.7 Å². The molecule has 0 atom stereocenters. The molecule has 0 spiro atoms. The maximum Gasteiger partial charge on any atom is 0.177 e. The van der Waals surface area contributed by atoms with E-state index in [1.165, 1.54) is 4.90 Å². The third kappa shape index (κ3) is 5.02. The van der Waals surface area contributed by atoms with E-state index in [0.717, 1.165) is 53.3 Å². The summed E-state index contributed by atoms with van der Waals surface area (Å²) in [6.07, 6.45) is 0.699. The summed E-state index contributed by atoms with van der Waals surface area (Å²) < 4.78 is 0. The summed E-state index contributed by atoms with van der Waals surface area (Å²) in [6.45, 7) is 12.7. The van der Waals surface area contributed by atoms with Crippen molar-refractivity contribution in [1.82, 2.24) is 9.80 Å². The molecule has 0 N–H and O–H groups in total. The number of hydrogen-bond donors (Lipinski definition) is 0. The first-order valence-corrected chi connectivity index (χ1v) is 11.8. The Bertz CT molecular complexity index is 917. The Balaban J connectivity index is 1.85. The van der Waals surface area contributed by atoms with Gasteiger partial charge in [-0.25, -0.2) is 0 Å². The summed E-state index contributed by atoms with van der Waals surface area (Å²) in [7, 11) is 0. The summed E-state index contributed by atoms with van der Waals surface area (Å²) in [4.78, 5) is 32.4. The van der Waals surface area contributed by atoms with Crippen LogP contribution in [0.4, 0.5) is 0 Å². The molecular weight excluding hydrogens is 392 g/mol. The Hall–Kier alpha value is -1.95. The molecule has 0 saturated carbocycles. The van der Waals surface area contributed by atoms with Crippen molar-refractivity contribution in [2.75, 3.05) is 39.3 Å². The Morgan fingerprint density at radius 1 is 0.833 bits per heavy atom. The standard InChI is InChI=1S/C25H32N2O2S/c1-5-26(6-2)16-22(28)18-12-13-24-19(14-18)15-21-20(10-9-11-25(21)30-24)23(29)17-27(7-3)8-4/h9-14H,5-8,15-17H2,1-4H3. The van der Waals surface area contributed by atoms with Gasteiger partial charge in [-0.2, -0.15) is 0 Å². The van der Waals surface area contributed by atoms with Crippen LogP contribution >= 0.6 is 11.8 Å². The van der Waals surface area contributed by atoms with Crippen molar-refractivity contribution in [3.63, 3.8) is 0 Å². The summed E-state index contributed by atoms with van der Waals surface area (Å²) >= 11 is 1.70. The molecule has 1 aliphatic heterocycles. The van der Waals surface area contributed by atoms with Crippen LogP contribution < -0.4 is 0 Å². The van der Waals surface area contributed by atoms with Gasteiger partial charge >= 0.3 is 0 Å². The number of hydrogen-bond acceptors (Lipinski definition) is 5. The van der Waals surface area contributed by atoms with E-state index >= 15 is 0 Å². The molecule has 1 heterocycles. The third-order valence-electron chi connectivity index (χ3n) is 5.93. The molecule has 2 aromatic carbocycles. The number of likely N-dealkylation sites (N-methyl/N-ethyl adjacent to an activating group) is 2. The van der Waals surface area contributed by atoms with E-state index in [1.54, 1.807) is 11.8 Å². The minimum atomic E-state index is 0.156. The molecule has 0 amide bonds. The van der Waals surface area contributed by atoms with Crippen LogP contribution in [0.5, 0.6) is 0 Å². The van der Waals surface area contributed by atoms with Gasteiger partial charge < -0.3 is 0 Å². The molecule has 0 aromatic heterocycles. The number of rotatable bonds is 10. The van der Waals surface area contributed by atoms with Crippen LogP contribution in [0.2, 0.25) is 0 Å². The quantitative estimate of drug-likeness (QED) is 0.438. The number of carbonyl (C=O) groups excluding carboxylic acids is 2. The maximum absolute atomic E-state index is 13.0. The van der Waals surface area contributed by atoms with Crippen LogP contribution in [0.15, 0.2) is 46.2 Å². The van der Waals surface area contributed by atoms with Gasteiger partial charge in [0, 0.05) is 27.3 Å². The first-order valence-electron chi connectivity index (χ1n) is 10.9. The van der Waals surface area contributed by atoms with E-state index < -0.39 is 0 Å². The number of carbonyl (C=O) groups is 2. The topological polar surface area (TPSA) is 40.6 Å². The highest BCUT2D eigenvalue weighted by Crippen LogP contribution is 2.41. The van der Waals surface area contributed by atoms with E-state index in [9.17, 15) is 9.59 Å². The molecule has 0 saturated heterocycles. The summed E-state index contributed by atoms with van der Waals surface area (Å²) in [5.41, 5.74) is 3.82. The fourth-order valence-corrected chi connectivity index (χ4v) is 4.97. The van der Waals surface area contributed by atoms with Gasteiger partial charge in [0.2, 0.25) is 0 Å². The zero-order chi connectivity index (χ0) is 21.7. The van der Waals surface area contributed by atoms with E-state index in [4.69, 9.17) is 0 Å². The number of fused-ring (bicyclic) bond motifs is 2. The van der Waals surface area contributed by atoms with Crippen LogP contribution in [0, 0.1) is 0 Å². The minimum absolute atomic E-state index is 0.156. The number of ketones is 2. The van der Waals surface area contributed by atoms with Crippen LogP contribution in [0.3, 0.4) is 0 Å². The molecule has 0 radical (unpaired) electrons. The molecule has 1 aliphatic rings. The number of benzene rings is 2. The highest BCUT2D eigenvalue weighted by Gasteiger charge is 2.23. The van der Waals surface area contributed by atoms with Crippen molar-refractivity contribution in [2.24, 2.45) is 0 Å². The third-order valence-corrected chi connectivity index (χ3v) is 7.15. The fourth-order valence-electron chi connectivity index (χ4n) is 3.88. The van der Waals surface area contributed by atoms with Gasteiger partial charge in [-0.15, -0.1) is 0 Å². The highest BCUT2D eigenvalue weighted by molar-refractivity contribution is 7.99. The van der Waals surface area contributed by atoms with Gasteiger partial charge in [-0.3, -0.25) is 19.4 Å². The molecule has 0 aliphatic carbocycles. The summed E-state index contributed by atoms with van der Waals surface area (Å²) in [5.74, 6) is 0.330. The van der Waals surface area contributed by atoms with Gasteiger partial charge in [0.05, 0.1) is 13.1 Å². The lowest BCUT2D eigenvalue weighted by Crippen LogP contribution is -2.30. The Kier molecular flexibility index (Phi) is 7.87. The maximum atomic E-state index is 13.0. The first kappa shape index (κ1) is 22.7. The molecule has 2 aromatic rings. The number of nitrogens with zero attached hydrogens (tertiary/aromatic N) is 2. The second-order valence-electron chi connectivity index (χ2n) is 7.65. The molecule has 5 heteroatoms. The van der Waals surface area contributed by atoms with Crippen molar-refractivity contribution in [2.45, 2.75) is 43.9 Å². The van der Waals surface area contributed by atoms with Crippen LogP contribution in [-0.4, -0.2) is 60.6 Å². The Labute approximate surface area is 184 Å². The predicted molar refractivity (Wildman–Crippen MR) is 124 cm³/mol. The summed E-state index contributed by atoms with van der Waals surface area (Å²) in [5, 5.41) is 0. The molecular formula is C25H32N2O2S. The lowest BCUT2D eigenvalue weighted by Gasteiger charge is -2.23. The van der Waals surface area contributed by atoms with Gasteiger partial charge in [0.1, 0.15) is 0 Å². The van der Waals surface area contributed by atoms with E-state index in [-0.39, 0.29) is 11.6 Å². The van der Waals surface area contributed by atoms with E-state index in [1.807, 2.05) is 24.3 Å². The van der Waals surface area contributed by atoms with Gasteiger partial charge in [0.15, 0.2) is 11.6 Å². The Morgan fingerprint density at radius 2 is 1.47 bits per heavy atom. The minimum Gasteiger partial charge on any atom is -0.296 e. The smallest absolute Gasteiger partial charge is 0.177 e. The highest BCUT2D eigenvalue weighted by atomic mass is 32.2. The molecule has 0 unspecified atom stereocenters. The Morgan fingerprint density at radius 3 is 2.10 bits per heavy atom. The monoisotopic (exact) mass is 424 g/mol. The van der Waals surface area contributed by atoms with Crippen molar-refractivity contribution >= 4 is 23.3 Å².